The molecule has 0 amide bonds. The summed E-state index contributed by atoms with van der Waals surface area (Å²) in [7, 11) is 0. The van der Waals surface area contributed by atoms with Crippen LogP contribution in [0, 0.1) is 5.92 Å². The first kappa shape index (κ1) is 19.2. The molecule has 0 radical (unpaired) electrons. The van der Waals surface area contributed by atoms with Gasteiger partial charge in [0.25, 0.3) is 0 Å². The summed E-state index contributed by atoms with van der Waals surface area (Å²) >= 11 is 0. The summed E-state index contributed by atoms with van der Waals surface area (Å²) in [4.78, 5) is 25.0. The fraction of sp³-hybridized carbons (Fsp3) is 0.500. The zero-order valence-corrected chi connectivity index (χ0v) is 15.3. The molecule has 2 rings (SSSR count). The van der Waals surface area contributed by atoms with E-state index in [4.69, 9.17) is 5.11 Å². The predicted octanol–water partition coefficient (Wildman–Crippen LogP) is 3.55. The lowest BCUT2D eigenvalue weighted by Crippen LogP contribution is -2.60. The molecule has 2 N–H and O–H groups in total. The molecular weight excluding hydrogens is 318 g/mol. The minimum absolute atomic E-state index is 0.00647. The van der Waals surface area contributed by atoms with Gasteiger partial charge in [0.15, 0.2) is 0 Å². The number of likely N-dealkylation sites (tertiary alicyclic amines) is 1. The van der Waals surface area contributed by atoms with Gasteiger partial charge in [0.05, 0.1) is 0 Å². The van der Waals surface area contributed by atoms with Crippen molar-refractivity contribution in [2.75, 3.05) is 0 Å². The zero-order chi connectivity index (χ0) is 18.8. The van der Waals surface area contributed by atoms with Gasteiger partial charge in [-0.15, -0.1) is 0 Å². The Kier molecular flexibility index (Phi) is 5.37. The van der Waals surface area contributed by atoms with Crippen molar-refractivity contribution in [3.63, 3.8) is 0 Å². The maximum atomic E-state index is 11.6. The Balaban J connectivity index is 2.32. The first-order chi connectivity index (χ1) is 11.5. The topological polar surface area (TPSA) is 77.8 Å². The maximum Gasteiger partial charge on any atom is 0.332 e. The SMILES string of the molecule is CC1(C)CC(C(=CC(=O)O)C(=O)O)CC(C)(C)N1Cc1ccccc1. The first-order valence-electron chi connectivity index (χ1n) is 8.52. The fourth-order valence-electron chi connectivity index (χ4n) is 4.22. The normalized spacial score (nSPS) is 21.0. The highest BCUT2D eigenvalue weighted by atomic mass is 16.4. The Hall–Kier alpha value is -2.14. The van der Waals surface area contributed by atoms with Gasteiger partial charge in [-0.1, -0.05) is 30.3 Å². The number of hydrogen-bond donors (Lipinski definition) is 2. The van der Waals surface area contributed by atoms with Crippen molar-refractivity contribution < 1.29 is 19.8 Å². The molecule has 0 unspecified atom stereocenters. The highest BCUT2D eigenvalue weighted by molar-refractivity contribution is 5.95. The molecule has 1 heterocycles. The van der Waals surface area contributed by atoms with Gasteiger partial charge in [0, 0.05) is 29.3 Å². The summed E-state index contributed by atoms with van der Waals surface area (Å²) in [6.45, 7) is 9.18. The van der Waals surface area contributed by atoms with E-state index in [0.29, 0.717) is 12.8 Å². The molecule has 1 aliphatic rings. The van der Waals surface area contributed by atoms with E-state index in [1.165, 1.54) is 5.56 Å². The van der Waals surface area contributed by atoms with Crippen molar-refractivity contribution in [1.29, 1.82) is 0 Å². The molecule has 1 aliphatic heterocycles. The van der Waals surface area contributed by atoms with E-state index in [9.17, 15) is 14.7 Å². The number of piperidine rings is 1. The molecule has 0 atom stereocenters. The minimum Gasteiger partial charge on any atom is -0.478 e. The Bertz CT molecular complexity index is 658. The van der Waals surface area contributed by atoms with Crippen LogP contribution in [0.1, 0.15) is 46.1 Å². The van der Waals surface area contributed by atoms with Gasteiger partial charge in [0.1, 0.15) is 0 Å². The van der Waals surface area contributed by atoms with Crippen LogP contribution in [-0.2, 0) is 16.1 Å². The lowest BCUT2D eigenvalue weighted by atomic mass is 9.70. The van der Waals surface area contributed by atoms with Crippen LogP contribution in [-0.4, -0.2) is 38.1 Å². The molecule has 5 heteroatoms. The molecule has 0 aromatic heterocycles. The highest BCUT2D eigenvalue weighted by Gasteiger charge is 2.46. The summed E-state index contributed by atoms with van der Waals surface area (Å²) in [6.07, 6.45) is 2.06. The Morgan fingerprint density at radius 2 is 1.60 bits per heavy atom. The number of carboxylic acids is 2. The molecule has 5 nitrogen and oxygen atoms in total. The number of hydrogen-bond acceptors (Lipinski definition) is 3. The number of aliphatic carboxylic acids is 2. The smallest absolute Gasteiger partial charge is 0.332 e. The van der Waals surface area contributed by atoms with Crippen LogP contribution in [0.15, 0.2) is 42.0 Å². The molecule has 1 saturated heterocycles. The standard InChI is InChI=1S/C20H27NO4/c1-19(2)11-15(16(18(24)25)10-17(22)23)12-20(3,4)21(19)13-14-8-6-5-7-9-14/h5-10,15H,11-13H2,1-4H3,(H,22,23)(H,24,25). The van der Waals surface area contributed by atoms with E-state index in [0.717, 1.165) is 12.6 Å². The first-order valence-corrected chi connectivity index (χ1v) is 8.52. The van der Waals surface area contributed by atoms with Crippen LogP contribution >= 0.6 is 0 Å². The average molecular weight is 345 g/mol. The van der Waals surface area contributed by atoms with Gasteiger partial charge in [0.2, 0.25) is 0 Å². The second-order valence-corrected chi connectivity index (χ2v) is 8.04. The largest absolute Gasteiger partial charge is 0.478 e. The lowest BCUT2D eigenvalue weighted by molar-refractivity contribution is -0.136. The predicted molar refractivity (Wildman–Crippen MR) is 96.2 cm³/mol. The molecule has 0 spiro atoms. The third-order valence-electron chi connectivity index (χ3n) is 5.10. The van der Waals surface area contributed by atoms with Gasteiger partial charge < -0.3 is 10.2 Å². The summed E-state index contributed by atoms with van der Waals surface area (Å²) in [5.41, 5.74) is 0.694. The second-order valence-electron chi connectivity index (χ2n) is 8.04. The third kappa shape index (κ3) is 4.48. The summed E-state index contributed by atoms with van der Waals surface area (Å²) < 4.78 is 0. The van der Waals surface area contributed by atoms with Crippen LogP contribution in [0.4, 0.5) is 0 Å². The van der Waals surface area contributed by atoms with Crippen LogP contribution in [0.3, 0.4) is 0 Å². The number of carboxylic acid groups (broad SMARTS) is 2. The summed E-state index contributed by atoms with van der Waals surface area (Å²) in [5.74, 6) is -2.64. The van der Waals surface area contributed by atoms with Crippen molar-refractivity contribution in [2.45, 2.75) is 58.2 Å². The van der Waals surface area contributed by atoms with E-state index in [1.54, 1.807) is 0 Å². The van der Waals surface area contributed by atoms with Gasteiger partial charge >= 0.3 is 11.9 Å². The van der Waals surface area contributed by atoms with E-state index in [1.807, 2.05) is 18.2 Å². The number of carbonyl (C=O) groups is 2. The van der Waals surface area contributed by atoms with Crippen LogP contribution in [0.25, 0.3) is 0 Å². The van der Waals surface area contributed by atoms with Crippen molar-refractivity contribution in [3.8, 4) is 0 Å². The molecule has 136 valence electrons. The van der Waals surface area contributed by atoms with Crippen molar-refractivity contribution in [2.24, 2.45) is 5.92 Å². The van der Waals surface area contributed by atoms with Crippen molar-refractivity contribution in [1.82, 2.24) is 4.90 Å². The Morgan fingerprint density at radius 1 is 1.08 bits per heavy atom. The van der Waals surface area contributed by atoms with Crippen LogP contribution in [0.5, 0.6) is 0 Å². The van der Waals surface area contributed by atoms with Crippen LogP contribution in [0.2, 0.25) is 0 Å². The third-order valence-corrected chi connectivity index (χ3v) is 5.10. The monoisotopic (exact) mass is 345 g/mol. The summed E-state index contributed by atoms with van der Waals surface area (Å²) in [5, 5.41) is 18.5. The quantitative estimate of drug-likeness (QED) is 0.798. The molecular formula is C20H27NO4. The fourth-order valence-corrected chi connectivity index (χ4v) is 4.22. The van der Waals surface area contributed by atoms with Gasteiger partial charge in [-0.25, -0.2) is 9.59 Å². The van der Waals surface area contributed by atoms with E-state index >= 15 is 0 Å². The number of nitrogens with zero attached hydrogens (tertiary/aromatic N) is 1. The van der Waals surface area contributed by atoms with Gasteiger partial charge in [-0.05, 0) is 52.0 Å². The summed E-state index contributed by atoms with van der Waals surface area (Å²) in [6, 6.07) is 10.2. The zero-order valence-electron chi connectivity index (χ0n) is 15.3. The number of benzene rings is 1. The Labute approximate surface area is 149 Å². The lowest BCUT2D eigenvalue weighted by Gasteiger charge is -2.55. The molecule has 0 saturated carbocycles. The molecule has 1 fully saturated rings. The molecule has 1 aromatic rings. The number of rotatable bonds is 5. The van der Waals surface area contributed by atoms with Crippen molar-refractivity contribution in [3.05, 3.63) is 47.5 Å². The average Bonchev–Trinajstić information content (AvgIpc) is 2.48. The van der Waals surface area contributed by atoms with Crippen molar-refractivity contribution >= 4 is 11.9 Å². The highest BCUT2D eigenvalue weighted by Crippen LogP contribution is 2.44. The second kappa shape index (κ2) is 7.00. The maximum absolute atomic E-state index is 11.6. The molecule has 0 bridgehead atoms. The molecule has 1 aromatic carbocycles. The van der Waals surface area contributed by atoms with Gasteiger partial charge in [-0.3, -0.25) is 4.90 Å². The Morgan fingerprint density at radius 3 is 2.04 bits per heavy atom. The van der Waals surface area contributed by atoms with E-state index < -0.39 is 11.9 Å². The van der Waals surface area contributed by atoms with Gasteiger partial charge in [-0.2, -0.15) is 0 Å². The van der Waals surface area contributed by atoms with E-state index in [-0.39, 0.29) is 22.6 Å². The molecule has 25 heavy (non-hydrogen) atoms. The minimum atomic E-state index is -1.21. The van der Waals surface area contributed by atoms with Crippen LogP contribution < -0.4 is 0 Å². The molecule has 0 aliphatic carbocycles. The van der Waals surface area contributed by atoms with E-state index in [2.05, 4.69) is 44.7 Å².